The summed E-state index contributed by atoms with van der Waals surface area (Å²) in [4.78, 5) is 30.2. The Morgan fingerprint density at radius 2 is 2.14 bits per heavy atom. The van der Waals surface area contributed by atoms with Crippen molar-refractivity contribution < 1.29 is 14.6 Å². The van der Waals surface area contributed by atoms with Crippen molar-refractivity contribution in [3.05, 3.63) is 43.0 Å². The maximum absolute atomic E-state index is 12.5. The number of nitriles is 1. The van der Waals surface area contributed by atoms with Crippen molar-refractivity contribution in [1.29, 1.82) is 5.26 Å². The number of fused-ring (bicyclic) bond motifs is 1. The van der Waals surface area contributed by atoms with E-state index in [1.165, 1.54) is 24.6 Å². The summed E-state index contributed by atoms with van der Waals surface area (Å²) < 4.78 is 6.23. The maximum atomic E-state index is 12.5. The quantitative estimate of drug-likeness (QED) is 0.628. The predicted molar refractivity (Wildman–Crippen MR) is 107 cm³/mol. The molecule has 0 spiro atoms. The third kappa shape index (κ3) is 3.34. The molecule has 146 valence electrons. The summed E-state index contributed by atoms with van der Waals surface area (Å²) in [6.45, 7) is 3.63. The SMILES string of the molecule is CCOC(=O)c1c(N=Cc2c(C)c(C#N)c(=O)n(C)c2O)sc2c1CCCC2. The van der Waals surface area contributed by atoms with E-state index in [0.29, 0.717) is 16.1 Å². The average Bonchev–Trinajstić information content (AvgIpc) is 3.05. The second-order valence-corrected chi connectivity index (χ2v) is 7.67. The average molecular weight is 399 g/mol. The van der Waals surface area contributed by atoms with Crippen LogP contribution in [0.5, 0.6) is 5.88 Å². The van der Waals surface area contributed by atoms with Gasteiger partial charge in [-0.2, -0.15) is 5.26 Å². The van der Waals surface area contributed by atoms with E-state index in [1.807, 2.05) is 6.07 Å². The first-order valence-corrected chi connectivity index (χ1v) is 9.90. The lowest BCUT2D eigenvalue weighted by atomic mass is 9.95. The van der Waals surface area contributed by atoms with Gasteiger partial charge in [-0.05, 0) is 50.7 Å². The first-order chi connectivity index (χ1) is 13.4. The van der Waals surface area contributed by atoms with Gasteiger partial charge in [0.2, 0.25) is 5.88 Å². The zero-order valence-electron chi connectivity index (χ0n) is 16.0. The highest BCUT2D eigenvalue weighted by Gasteiger charge is 2.26. The van der Waals surface area contributed by atoms with Gasteiger partial charge in [-0.15, -0.1) is 11.3 Å². The Morgan fingerprint density at radius 3 is 2.82 bits per heavy atom. The number of hydrogen-bond acceptors (Lipinski definition) is 7. The molecule has 1 aliphatic carbocycles. The second-order valence-electron chi connectivity index (χ2n) is 6.58. The first kappa shape index (κ1) is 19.8. The highest BCUT2D eigenvalue weighted by atomic mass is 32.1. The van der Waals surface area contributed by atoms with E-state index in [0.717, 1.165) is 40.7 Å². The molecule has 0 atom stereocenters. The summed E-state index contributed by atoms with van der Waals surface area (Å²) in [6, 6.07) is 1.88. The molecular weight excluding hydrogens is 378 g/mol. The lowest BCUT2D eigenvalue weighted by molar-refractivity contribution is 0.0526. The van der Waals surface area contributed by atoms with Gasteiger partial charge in [-0.25, -0.2) is 9.79 Å². The molecule has 7 nitrogen and oxygen atoms in total. The number of esters is 1. The predicted octanol–water partition coefficient (Wildman–Crippen LogP) is 3.14. The van der Waals surface area contributed by atoms with Gasteiger partial charge >= 0.3 is 5.97 Å². The number of rotatable bonds is 4. The molecule has 3 rings (SSSR count). The minimum atomic E-state index is -0.562. The second kappa shape index (κ2) is 7.98. The van der Waals surface area contributed by atoms with Crippen molar-refractivity contribution in [2.75, 3.05) is 6.61 Å². The van der Waals surface area contributed by atoms with Gasteiger partial charge in [0.15, 0.2) is 0 Å². The van der Waals surface area contributed by atoms with Crippen LogP contribution in [0.3, 0.4) is 0 Å². The first-order valence-electron chi connectivity index (χ1n) is 9.09. The number of aromatic hydroxyl groups is 1. The van der Waals surface area contributed by atoms with E-state index in [2.05, 4.69) is 4.99 Å². The Hall–Kier alpha value is -2.92. The Labute approximate surface area is 166 Å². The van der Waals surface area contributed by atoms with Gasteiger partial charge in [0, 0.05) is 18.1 Å². The van der Waals surface area contributed by atoms with Gasteiger partial charge in [-0.3, -0.25) is 9.36 Å². The van der Waals surface area contributed by atoms with E-state index in [4.69, 9.17) is 4.74 Å². The van der Waals surface area contributed by atoms with Gasteiger partial charge < -0.3 is 9.84 Å². The number of nitrogens with zero attached hydrogens (tertiary/aromatic N) is 3. The fraction of sp³-hybridized carbons (Fsp3) is 0.400. The minimum absolute atomic E-state index is 0.0437. The molecule has 0 aliphatic heterocycles. The van der Waals surface area contributed by atoms with E-state index in [9.17, 15) is 20.0 Å². The smallest absolute Gasteiger partial charge is 0.341 e. The van der Waals surface area contributed by atoms with Gasteiger partial charge in [-0.1, -0.05) is 0 Å². The molecule has 1 N–H and O–H groups in total. The number of aliphatic imine (C=N–C) groups is 1. The summed E-state index contributed by atoms with van der Waals surface area (Å²) in [5, 5.41) is 20.1. The van der Waals surface area contributed by atoms with Gasteiger partial charge in [0.25, 0.3) is 5.56 Å². The monoisotopic (exact) mass is 399 g/mol. The highest BCUT2D eigenvalue weighted by molar-refractivity contribution is 7.16. The zero-order chi connectivity index (χ0) is 20.4. The molecule has 0 fully saturated rings. The van der Waals surface area contributed by atoms with Crippen LogP contribution in [0.1, 0.15) is 57.3 Å². The van der Waals surface area contributed by atoms with Crippen molar-refractivity contribution in [3.8, 4) is 11.9 Å². The van der Waals surface area contributed by atoms with Crippen molar-refractivity contribution in [1.82, 2.24) is 4.57 Å². The van der Waals surface area contributed by atoms with Crippen LogP contribution in [0.2, 0.25) is 0 Å². The van der Waals surface area contributed by atoms with Crippen LogP contribution in [-0.2, 0) is 24.6 Å². The van der Waals surface area contributed by atoms with Crippen LogP contribution >= 0.6 is 11.3 Å². The van der Waals surface area contributed by atoms with Crippen molar-refractivity contribution in [3.63, 3.8) is 0 Å². The zero-order valence-corrected chi connectivity index (χ0v) is 16.9. The molecule has 0 unspecified atom stereocenters. The van der Waals surface area contributed by atoms with Crippen molar-refractivity contribution in [2.45, 2.75) is 39.5 Å². The number of carbonyl (C=O) groups is 1. The number of carbonyl (C=O) groups excluding carboxylic acids is 1. The summed E-state index contributed by atoms with van der Waals surface area (Å²) in [6.07, 6.45) is 5.23. The third-order valence-corrected chi connectivity index (χ3v) is 6.11. The molecule has 0 saturated carbocycles. The molecule has 8 heteroatoms. The molecule has 0 bridgehead atoms. The van der Waals surface area contributed by atoms with Crippen molar-refractivity contribution in [2.24, 2.45) is 12.0 Å². The number of aryl methyl sites for hydroxylation is 1. The Kier molecular flexibility index (Phi) is 5.66. The summed E-state index contributed by atoms with van der Waals surface area (Å²) in [5.41, 5.74) is 1.51. The molecular formula is C20H21N3O4S. The van der Waals surface area contributed by atoms with Crippen LogP contribution in [-0.4, -0.2) is 28.5 Å². The Balaban J connectivity index is 2.13. The summed E-state index contributed by atoms with van der Waals surface area (Å²) >= 11 is 1.45. The lowest BCUT2D eigenvalue weighted by Gasteiger charge is -2.12. The van der Waals surface area contributed by atoms with Crippen LogP contribution in [0.15, 0.2) is 9.79 Å². The minimum Gasteiger partial charge on any atom is -0.494 e. The number of thiophene rings is 1. The van der Waals surface area contributed by atoms with E-state index in [-0.39, 0.29) is 23.6 Å². The molecule has 28 heavy (non-hydrogen) atoms. The topological polar surface area (TPSA) is 105 Å². The third-order valence-electron chi connectivity index (χ3n) is 4.91. The molecule has 2 aromatic rings. The van der Waals surface area contributed by atoms with Crippen LogP contribution < -0.4 is 5.56 Å². The standard InChI is InChI=1S/C20H21N3O4S/c1-4-27-20(26)16-12-7-5-6-8-15(12)28-17(16)22-10-14-11(2)13(9-21)18(24)23(3)19(14)25/h10,25H,4-8H2,1-3H3. The van der Waals surface area contributed by atoms with Gasteiger partial charge in [0.1, 0.15) is 16.6 Å². The molecule has 0 amide bonds. The number of pyridine rings is 1. The molecule has 0 saturated heterocycles. The summed E-state index contributed by atoms with van der Waals surface area (Å²) in [7, 11) is 1.39. The summed E-state index contributed by atoms with van der Waals surface area (Å²) in [5.74, 6) is -0.669. The van der Waals surface area contributed by atoms with Crippen LogP contribution in [0.25, 0.3) is 0 Å². The number of hydrogen-bond donors (Lipinski definition) is 1. The number of ether oxygens (including phenoxy) is 1. The lowest BCUT2D eigenvalue weighted by Crippen LogP contribution is -2.22. The van der Waals surface area contributed by atoms with E-state index >= 15 is 0 Å². The highest BCUT2D eigenvalue weighted by Crippen LogP contribution is 2.40. The fourth-order valence-corrected chi connectivity index (χ4v) is 4.59. The fourth-order valence-electron chi connectivity index (χ4n) is 3.37. The van der Waals surface area contributed by atoms with Crippen LogP contribution in [0, 0.1) is 18.3 Å². The van der Waals surface area contributed by atoms with Crippen LogP contribution in [0.4, 0.5) is 5.00 Å². The largest absolute Gasteiger partial charge is 0.494 e. The Morgan fingerprint density at radius 1 is 1.43 bits per heavy atom. The number of aromatic nitrogens is 1. The van der Waals surface area contributed by atoms with Crippen molar-refractivity contribution >= 4 is 28.5 Å². The maximum Gasteiger partial charge on any atom is 0.341 e. The van der Waals surface area contributed by atoms with E-state index < -0.39 is 11.5 Å². The molecule has 2 heterocycles. The normalized spacial score (nSPS) is 13.4. The Bertz CT molecular complexity index is 1070. The molecule has 2 aromatic heterocycles. The molecule has 1 aliphatic rings. The molecule has 0 aromatic carbocycles. The van der Waals surface area contributed by atoms with E-state index in [1.54, 1.807) is 13.8 Å². The van der Waals surface area contributed by atoms with Gasteiger partial charge in [0.05, 0.1) is 17.7 Å². The molecule has 0 radical (unpaired) electrons.